The Kier molecular flexibility index (Phi) is 6.97. The molecule has 1 heterocycles. The molecule has 3 aliphatic carbocycles. The number of rotatable bonds is 6. The Labute approximate surface area is 227 Å². The van der Waals surface area contributed by atoms with Crippen molar-refractivity contribution in [2.45, 2.75) is 63.5 Å². The SMILES string of the molecule is CCCCN(c1ccc2c(c1O)C(O)=C1C(=O)C3(O)C(O)=C(C(N)=O)C(=O)CC3CC1C2)C1CCN(C)CC1. The lowest BCUT2D eigenvalue weighted by Crippen LogP contribution is -2.58. The van der Waals surface area contributed by atoms with Crippen LogP contribution in [-0.4, -0.2) is 81.1 Å². The van der Waals surface area contributed by atoms with Gasteiger partial charge in [-0.1, -0.05) is 19.4 Å². The topological polar surface area (TPSA) is 165 Å². The van der Waals surface area contributed by atoms with Gasteiger partial charge in [0.2, 0.25) is 5.78 Å². The summed E-state index contributed by atoms with van der Waals surface area (Å²) in [4.78, 5) is 42.6. The summed E-state index contributed by atoms with van der Waals surface area (Å²) in [5, 5.41) is 45.2. The van der Waals surface area contributed by atoms with Gasteiger partial charge in [-0.3, -0.25) is 14.4 Å². The van der Waals surface area contributed by atoms with Crippen LogP contribution in [0.2, 0.25) is 0 Å². The highest BCUT2D eigenvalue weighted by Gasteiger charge is 2.60. The minimum Gasteiger partial charge on any atom is -0.508 e. The van der Waals surface area contributed by atoms with Crippen LogP contribution in [0, 0.1) is 11.8 Å². The van der Waals surface area contributed by atoms with Crippen molar-refractivity contribution in [1.29, 1.82) is 0 Å². The molecule has 0 spiro atoms. The van der Waals surface area contributed by atoms with Gasteiger partial charge < -0.3 is 36.0 Å². The predicted octanol–water partition coefficient (Wildman–Crippen LogP) is 2.12. The van der Waals surface area contributed by atoms with Crippen LogP contribution in [-0.2, 0) is 20.8 Å². The first-order valence-electron chi connectivity index (χ1n) is 13.8. The molecule has 10 heteroatoms. The average molecular weight is 540 g/mol. The molecule has 5 rings (SSSR count). The quantitative estimate of drug-likeness (QED) is 0.341. The van der Waals surface area contributed by atoms with Gasteiger partial charge in [0.05, 0.1) is 11.3 Å². The number of ketones is 2. The number of Topliss-reactive ketones (excluding diaryl/α,β-unsaturated/α-hetero) is 2. The summed E-state index contributed by atoms with van der Waals surface area (Å²) < 4.78 is 0. The third-order valence-corrected chi connectivity index (χ3v) is 9.11. The smallest absolute Gasteiger partial charge is 0.255 e. The van der Waals surface area contributed by atoms with Gasteiger partial charge in [-0.25, -0.2) is 0 Å². The van der Waals surface area contributed by atoms with Crippen molar-refractivity contribution in [3.63, 3.8) is 0 Å². The molecule has 1 aliphatic heterocycles. The van der Waals surface area contributed by atoms with E-state index in [0.717, 1.165) is 45.3 Å². The maximum Gasteiger partial charge on any atom is 0.255 e. The number of phenolic OH excluding ortho intramolecular Hbond substituents is 1. The largest absolute Gasteiger partial charge is 0.508 e. The Morgan fingerprint density at radius 1 is 1.15 bits per heavy atom. The Morgan fingerprint density at radius 3 is 2.49 bits per heavy atom. The highest BCUT2D eigenvalue weighted by Crippen LogP contribution is 2.53. The number of hydrogen-bond acceptors (Lipinski definition) is 9. The van der Waals surface area contributed by atoms with Crippen molar-refractivity contribution in [3.8, 4) is 5.75 Å². The second kappa shape index (κ2) is 9.98. The number of nitrogens with zero attached hydrogens (tertiary/aromatic N) is 2. The molecule has 3 unspecified atom stereocenters. The normalized spacial score (nSPS) is 27.8. The van der Waals surface area contributed by atoms with Gasteiger partial charge in [0.25, 0.3) is 5.91 Å². The molecule has 1 saturated heterocycles. The van der Waals surface area contributed by atoms with E-state index in [1.54, 1.807) is 0 Å². The van der Waals surface area contributed by atoms with Crippen LogP contribution >= 0.6 is 0 Å². The van der Waals surface area contributed by atoms with E-state index in [0.29, 0.717) is 17.7 Å². The fourth-order valence-corrected chi connectivity index (χ4v) is 6.95. The van der Waals surface area contributed by atoms with E-state index in [4.69, 9.17) is 5.73 Å². The number of carbonyl (C=O) groups excluding carboxylic acids is 3. The molecule has 0 radical (unpaired) electrons. The zero-order valence-electron chi connectivity index (χ0n) is 22.4. The van der Waals surface area contributed by atoms with Crippen LogP contribution in [0.15, 0.2) is 29.0 Å². The number of aromatic hydroxyl groups is 1. The van der Waals surface area contributed by atoms with E-state index >= 15 is 0 Å². The zero-order chi connectivity index (χ0) is 28.2. The molecule has 0 bridgehead atoms. The fraction of sp³-hybridized carbons (Fsp3) is 0.552. The monoisotopic (exact) mass is 539 g/mol. The number of aliphatic hydroxyl groups excluding tert-OH is 2. The van der Waals surface area contributed by atoms with Crippen molar-refractivity contribution in [2.24, 2.45) is 17.6 Å². The number of piperidine rings is 1. The fourth-order valence-electron chi connectivity index (χ4n) is 6.95. The lowest BCUT2D eigenvalue weighted by atomic mass is 9.59. The Bertz CT molecular complexity index is 1290. The number of likely N-dealkylation sites (tertiary alicyclic amines) is 1. The molecule has 0 aromatic heterocycles. The molecule has 4 aliphatic rings. The number of aliphatic hydroxyl groups is 3. The number of primary amides is 1. The molecule has 1 aromatic rings. The van der Waals surface area contributed by atoms with E-state index < -0.39 is 52.0 Å². The molecule has 6 N–H and O–H groups in total. The average Bonchev–Trinajstić information content (AvgIpc) is 2.88. The molecular weight excluding hydrogens is 502 g/mol. The number of carbonyl (C=O) groups is 3. The molecule has 2 fully saturated rings. The molecule has 3 atom stereocenters. The highest BCUT2D eigenvalue weighted by molar-refractivity contribution is 6.22. The van der Waals surface area contributed by atoms with E-state index in [-0.39, 0.29) is 35.8 Å². The first-order valence-corrected chi connectivity index (χ1v) is 13.8. The minimum atomic E-state index is -2.55. The first kappa shape index (κ1) is 27.2. The van der Waals surface area contributed by atoms with Crippen LogP contribution in [0.4, 0.5) is 5.69 Å². The minimum absolute atomic E-state index is 0.113. The number of benzene rings is 1. The Hall–Kier alpha value is -3.37. The maximum atomic E-state index is 13.7. The van der Waals surface area contributed by atoms with E-state index in [1.165, 1.54) is 0 Å². The van der Waals surface area contributed by atoms with E-state index in [1.807, 2.05) is 12.1 Å². The standard InChI is InChI=1S/C29H37N3O7/c1-3-4-9-32(18-7-10-31(2)11-8-18)19-6-5-15-12-16-13-17-14-20(33)23(28(30)38)27(37)29(17,39)26(36)22(16)25(35)21(15)24(19)34/h5-6,16-18,34-35,37,39H,3-4,7-14H2,1-2H3,(H2,30,38). The van der Waals surface area contributed by atoms with Crippen LogP contribution in [0.25, 0.3) is 5.76 Å². The maximum absolute atomic E-state index is 13.7. The van der Waals surface area contributed by atoms with Gasteiger partial charge >= 0.3 is 0 Å². The molecule has 1 aromatic carbocycles. The van der Waals surface area contributed by atoms with E-state index in [2.05, 4.69) is 23.8 Å². The Balaban J connectivity index is 1.59. The summed E-state index contributed by atoms with van der Waals surface area (Å²) in [7, 11) is 2.09. The number of nitrogens with two attached hydrogens (primary N) is 1. The van der Waals surface area contributed by atoms with Crippen LogP contribution in [0.5, 0.6) is 5.75 Å². The zero-order valence-corrected chi connectivity index (χ0v) is 22.4. The van der Waals surface area contributed by atoms with Gasteiger partial charge in [0.1, 0.15) is 22.8 Å². The van der Waals surface area contributed by atoms with Gasteiger partial charge in [-0.2, -0.15) is 0 Å². The Morgan fingerprint density at radius 2 is 1.85 bits per heavy atom. The molecule has 1 saturated carbocycles. The van der Waals surface area contributed by atoms with Gasteiger partial charge in [0, 0.05) is 30.5 Å². The molecule has 210 valence electrons. The number of unbranched alkanes of at least 4 members (excludes halogenated alkanes) is 1. The lowest BCUT2D eigenvalue weighted by Gasteiger charge is -2.46. The van der Waals surface area contributed by atoms with Crippen molar-refractivity contribution < 1.29 is 34.8 Å². The molecule has 39 heavy (non-hydrogen) atoms. The summed E-state index contributed by atoms with van der Waals surface area (Å²) >= 11 is 0. The highest BCUT2D eigenvalue weighted by atomic mass is 16.3. The number of amides is 1. The van der Waals surface area contributed by atoms with Gasteiger partial charge in [0.15, 0.2) is 11.4 Å². The van der Waals surface area contributed by atoms with Crippen LogP contribution in [0.3, 0.4) is 0 Å². The van der Waals surface area contributed by atoms with E-state index in [9.17, 15) is 34.8 Å². The lowest BCUT2D eigenvalue weighted by molar-refractivity contribution is -0.147. The first-order chi connectivity index (χ1) is 18.5. The summed E-state index contributed by atoms with van der Waals surface area (Å²) in [6, 6.07) is 3.96. The van der Waals surface area contributed by atoms with Crippen molar-refractivity contribution in [1.82, 2.24) is 4.90 Å². The van der Waals surface area contributed by atoms with Gasteiger partial charge in [-0.05, 0) is 69.8 Å². The molecule has 10 nitrogen and oxygen atoms in total. The number of anilines is 1. The van der Waals surface area contributed by atoms with Crippen molar-refractivity contribution >= 4 is 28.9 Å². The second-order valence-electron chi connectivity index (χ2n) is 11.5. The summed E-state index contributed by atoms with van der Waals surface area (Å²) in [5.41, 5.74) is 3.21. The van der Waals surface area contributed by atoms with Crippen LogP contribution < -0.4 is 10.6 Å². The van der Waals surface area contributed by atoms with Gasteiger partial charge in [-0.15, -0.1) is 0 Å². The summed E-state index contributed by atoms with van der Waals surface area (Å²) in [6.07, 6.45) is 3.89. The predicted molar refractivity (Wildman–Crippen MR) is 144 cm³/mol. The van der Waals surface area contributed by atoms with Crippen LogP contribution in [0.1, 0.15) is 56.6 Å². The third-order valence-electron chi connectivity index (χ3n) is 9.11. The third kappa shape index (κ3) is 4.21. The summed E-state index contributed by atoms with van der Waals surface area (Å²) in [6.45, 7) is 4.73. The second-order valence-corrected chi connectivity index (χ2v) is 11.5. The molecule has 1 amide bonds. The number of fused-ring (bicyclic) bond motifs is 3. The molecular formula is C29H37N3O7. The van der Waals surface area contributed by atoms with Crippen molar-refractivity contribution in [2.75, 3.05) is 31.6 Å². The summed E-state index contributed by atoms with van der Waals surface area (Å²) in [5.74, 6) is -6.04. The number of hydrogen-bond donors (Lipinski definition) is 5. The van der Waals surface area contributed by atoms with Crippen molar-refractivity contribution in [3.05, 3.63) is 40.2 Å². The number of phenols is 1.